The summed E-state index contributed by atoms with van der Waals surface area (Å²) in [5.41, 5.74) is 2.55. The van der Waals surface area contributed by atoms with Crippen molar-refractivity contribution in [3.8, 4) is 11.3 Å². The van der Waals surface area contributed by atoms with Crippen LogP contribution in [-0.2, 0) is 33.5 Å². The van der Waals surface area contributed by atoms with E-state index >= 15 is 0 Å². The maximum absolute atomic E-state index is 13.0. The van der Waals surface area contributed by atoms with Crippen LogP contribution in [0, 0.1) is 0 Å². The zero-order chi connectivity index (χ0) is 32.1. The van der Waals surface area contributed by atoms with Crippen LogP contribution in [0.2, 0.25) is 5.04 Å². The quantitative estimate of drug-likeness (QED) is 0.204. The Labute approximate surface area is 269 Å². The van der Waals surface area contributed by atoms with E-state index in [0.717, 1.165) is 29.2 Å². The first-order valence-corrected chi connectivity index (χ1v) is 17.8. The lowest BCUT2D eigenvalue weighted by molar-refractivity contribution is 0.0497. The molecule has 1 aromatic heterocycles. The van der Waals surface area contributed by atoms with Crippen LogP contribution < -0.4 is 15.7 Å². The smallest absolute Gasteiger partial charge is 0.407 e. The van der Waals surface area contributed by atoms with Crippen molar-refractivity contribution in [3.05, 3.63) is 103 Å². The molecule has 7 nitrogen and oxygen atoms in total. The van der Waals surface area contributed by atoms with E-state index in [-0.39, 0.29) is 11.1 Å². The Bertz CT molecular complexity index is 1480. The van der Waals surface area contributed by atoms with Crippen LogP contribution in [0.3, 0.4) is 0 Å². The molecule has 0 fully saturated rings. The van der Waals surface area contributed by atoms with Crippen molar-refractivity contribution in [2.45, 2.75) is 84.2 Å². The second-order valence-electron chi connectivity index (χ2n) is 13.8. The summed E-state index contributed by atoms with van der Waals surface area (Å²) < 4.78 is 20.5. The van der Waals surface area contributed by atoms with Gasteiger partial charge in [-0.15, -0.1) is 0 Å². The minimum Gasteiger partial charge on any atom is -0.444 e. The average Bonchev–Trinajstić information content (AvgIpc) is 3.43. The number of alkyl carbamates (subject to hydrolysis) is 1. The minimum atomic E-state index is -2.70. The van der Waals surface area contributed by atoms with Gasteiger partial charge in [0.05, 0.1) is 12.3 Å². The minimum absolute atomic E-state index is 0.127. The Morgan fingerprint density at radius 3 is 2.11 bits per heavy atom. The summed E-state index contributed by atoms with van der Waals surface area (Å²) in [7, 11) is -2.70. The molecule has 1 atom stereocenters. The van der Waals surface area contributed by atoms with Gasteiger partial charge in [0.1, 0.15) is 18.0 Å². The van der Waals surface area contributed by atoms with E-state index in [9.17, 15) is 4.79 Å². The second kappa shape index (κ2) is 13.7. The predicted molar refractivity (Wildman–Crippen MR) is 182 cm³/mol. The summed E-state index contributed by atoms with van der Waals surface area (Å²) in [6.07, 6.45) is 2.97. The molecule has 0 aliphatic carbocycles. The number of amides is 1. The van der Waals surface area contributed by atoms with Crippen LogP contribution in [0.4, 0.5) is 4.79 Å². The molecule has 0 radical (unpaired) electrons. The van der Waals surface area contributed by atoms with Gasteiger partial charge >= 0.3 is 6.09 Å². The van der Waals surface area contributed by atoms with Crippen molar-refractivity contribution in [1.29, 1.82) is 0 Å². The van der Waals surface area contributed by atoms with Crippen LogP contribution in [0.15, 0.2) is 91.1 Å². The number of nitrogens with zero attached hydrogens (tertiary/aromatic N) is 2. The summed E-state index contributed by atoms with van der Waals surface area (Å²) in [5, 5.41) is 5.50. The van der Waals surface area contributed by atoms with Gasteiger partial charge in [-0.05, 0) is 54.6 Å². The number of fused-ring (bicyclic) bond motifs is 1. The average molecular weight is 626 g/mol. The molecular weight excluding hydrogens is 579 g/mol. The molecule has 45 heavy (non-hydrogen) atoms. The standard InChI is InChI=1S/C37H47N3O4Si/c1-36(2,3)44-35(41)38-30(25-28-17-19-29(20-18-28)33-26-40-22-24-42-27-34(40)39-33)21-23-43-45(37(4,5)6,31-13-9-7-10-14-31)32-15-11-8-12-16-32/h7-20,26,30H,21-25,27H2,1-6H3,(H,38,41). The molecule has 0 saturated heterocycles. The van der Waals surface area contributed by atoms with Gasteiger partial charge in [-0.1, -0.05) is 106 Å². The Hall–Kier alpha value is -3.72. The number of aromatic nitrogens is 2. The van der Waals surface area contributed by atoms with E-state index < -0.39 is 20.0 Å². The van der Waals surface area contributed by atoms with Crippen molar-refractivity contribution in [2.24, 2.45) is 0 Å². The molecule has 1 amide bonds. The highest BCUT2D eigenvalue weighted by atomic mass is 28.4. The Morgan fingerprint density at radius 2 is 1.56 bits per heavy atom. The lowest BCUT2D eigenvalue weighted by Crippen LogP contribution is -2.66. The number of carbonyl (C=O) groups is 1. The van der Waals surface area contributed by atoms with Crippen molar-refractivity contribution < 1.29 is 18.7 Å². The van der Waals surface area contributed by atoms with Gasteiger partial charge in [-0.25, -0.2) is 9.78 Å². The van der Waals surface area contributed by atoms with Crippen molar-refractivity contribution in [1.82, 2.24) is 14.9 Å². The van der Waals surface area contributed by atoms with E-state index in [1.165, 1.54) is 10.4 Å². The number of rotatable bonds is 10. The first-order valence-electron chi connectivity index (χ1n) is 15.9. The van der Waals surface area contributed by atoms with E-state index in [1.807, 2.05) is 20.8 Å². The van der Waals surface area contributed by atoms with Crippen molar-refractivity contribution >= 4 is 24.8 Å². The number of benzene rings is 3. The first kappa shape index (κ1) is 32.7. The van der Waals surface area contributed by atoms with Crippen LogP contribution in [0.1, 0.15) is 59.4 Å². The maximum atomic E-state index is 13.0. The molecule has 3 aromatic carbocycles. The fourth-order valence-corrected chi connectivity index (χ4v) is 10.7. The zero-order valence-electron chi connectivity index (χ0n) is 27.5. The monoisotopic (exact) mass is 625 g/mol. The molecule has 0 spiro atoms. The summed E-state index contributed by atoms with van der Waals surface area (Å²) in [6.45, 7) is 15.1. The Kier molecular flexibility index (Phi) is 9.96. The molecule has 238 valence electrons. The van der Waals surface area contributed by atoms with Crippen LogP contribution in [0.25, 0.3) is 11.3 Å². The van der Waals surface area contributed by atoms with Crippen molar-refractivity contribution in [2.75, 3.05) is 13.2 Å². The summed E-state index contributed by atoms with van der Waals surface area (Å²) in [4.78, 5) is 17.7. The highest BCUT2D eigenvalue weighted by Crippen LogP contribution is 2.37. The van der Waals surface area contributed by atoms with Gasteiger partial charge < -0.3 is 23.8 Å². The van der Waals surface area contributed by atoms with Crippen LogP contribution in [0.5, 0.6) is 0 Å². The number of carbonyl (C=O) groups excluding carboxylic acids is 1. The van der Waals surface area contributed by atoms with Crippen molar-refractivity contribution in [3.63, 3.8) is 0 Å². The van der Waals surface area contributed by atoms with E-state index in [4.69, 9.17) is 18.9 Å². The molecule has 5 rings (SSSR count). The lowest BCUT2D eigenvalue weighted by atomic mass is 10.0. The Morgan fingerprint density at radius 1 is 0.933 bits per heavy atom. The molecule has 0 saturated carbocycles. The van der Waals surface area contributed by atoms with Gasteiger partial charge in [0.25, 0.3) is 8.32 Å². The number of ether oxygens (including phenoxy) is 2. The Balaban J connectivity index is 1.36. The van der Waals surface area contributed by atoms with E-state index in [1.54, 1.807) is 0 Å². The summed E-state index contributed by atoms with van der Waals surface area (Å²) >= 11 is 0. The third-order valence-electron chi connectivity index (χ3n) is 8.22. The van der Waals surface area contributed by atoms with E-state index in [2.05, 4.69) is 122 Å². The molecule has 1 N–H and O–H groups in total. The molecular formula is C37H47N3O4Si. The zero-order valence-corrected chi connectivity index (χ0v) is 28.5. The molecule has 0 bridgehead atoms. The number of hydrogen-bond acceptors (Lipinski definition) is 5. The lowest BCUT2D eigenvalue weighted by Gasteiger charge is -2.43. The fourth-order valence-electron chi connectivity index (χ4n) is 6.14. The molecule has 1 unspecified atom stereocenters. The molecule has 8 heteroatoms. The molecule has 4 aromatic rings. The van der Waals surface area contributed by atoms with Gasteiger partial charge in [0.2, 0.25) is 0 Å². The predicted octanol–water partition coefficient (Wildman–Crippen LogP) is 6.48. The number of hydrogen-bond donors (Lipinski definition) is 1. The SMILES string of the molecule is CC(C)(C)OC(=O)NC(CCO[Si](c1ccccc1)(c1ccccc1)C(C)(C)C)Cc1ccc(-c2cn3c(n2)COCC3)cc1. The van der Waals surface area contributed by atoms with Crippen LogP contribution >= 0.6 is 0 Å². The van der Waals surface area contributed by atoms with Gasteiger partial charge in [-0.2, -0.15) is 0 Å². The number of nitrogens with one attached hydrogen (secondary N) is 1. The summed E-state index contributed by atoms with van der Waals surface area (Å²) in [6, 6.07) is 29.6. The second-order valence-corrected chi connectivity index (χ2v) is 18.1. The molecule has 1 aliphatic rings. The first-order chi connectivity index (χ1) is 21.4. The van der Waals surface area contributed by atoms with Gasteiger partial charge in [0.15, 0.2) is 0 Å². The third-order valence-corrected chi connectivity index (χ3v) is 13.3. The summed E-state index contributed by atoms with van der Waals surface area (Å²) in [5.74, 6) is 0.961. The van der Waals surface area contributed by atoms with E-state index in [0.29, 0.717) is 32.7 Å². The van der Waals surface area contributed by atoms with Gasteiger partial charge in [-0.3, -0.25) is 0 Å². The molecule has 2 heterocycles. The highest BCUT2D eigenvalue weighted by Gasteiger charge is 2.50. The topological polar surface area (TPSA) is 74.6 Å². The molecule has 1 aliphatic heterocycles. The fraction of sp³-hybridized carbons (Fsp3) is 0.405. The number of imidazole rings is 1. The van der Waals surface area contributed by atoms with Gasteiger partial charge in [0, 0.05) is 31.0 Å². The highest BCUT2D eigenvalue weighted by molar-refractivity contribution is 6.99. The maximum Gasteiger partial charge on any atom is 0.407 e. The van der Waals surface area contributed by atoms with Crippen LogP contribution in [-0.4, -0.2) is 48.8 Å². The third kappa shape index (κ3) is 7.93. The largest absolute Gasteiger partial charge is 0.444 e. The normalized spacial score (nSPS) is 14.4.